The topological polar surface area (TPSA) is 32.8 Å². The van der Waals surface area contributed by atoms with Crippen LogP contribution in [0.1, 0.15) is 48.6 Å². The molecule has 15 rings (SSSR count). The molecule has 1 aliphatic carbocycles. The maximum Gasteiger partial charge on any atom is 0.160 e. The second kappa shape index (κ2) is 19.5. The molecule has 0 N–H and O–H groups in total. The first-order chi connectivity index (χ1) is 40.6. The summed E-state index contributed by atoms with van der Waals surface area (Å²) in [5, 5.41) is 3.46. The standard InChI is InChI=1S/C77H54F2N2O2/c1-76(2,3)53-39-41-57(42-40-53)80(64-43-37-51(45-62(64)78)49-23-9-4-10-24-49)66-47-61-73(75-70(66)58-33-19-21-35-68(58)83-75)72-60(77(61,54-27-13-6-14-28-54)55-29-15-7-16-30-55)48-67(74-71(72)59-34-20-22-36-69(59)82-74)81(56-31-17-8-18-32-56)65-44-38-52(46-63(65)79)50-25-11-5-12-26-50/h4-48H,1-3H3. The molecule has 398 valence electrons. The Morgan fingerprint density at radius 1 is 0.349 bits per heavy atom. The van der Waals surface area contributed by atoms with Crippen LogP contribution in [0.5, 0.6) is 0 Å². The average molecular weight is 1080 g/mol. The van der Waals surface area contributed by atoms with Crippen LogP contribution in [0.2, 0.25) is 0 Å². The van der Waals surface area contributed by atoms with Crippen molar-refractivity contribution in [1.82, 2.24) is 0 Å². The van der Waals surface area contributed by atoms with Crippen molar-refractivity contribution in [2.24, 2.45) is 0 Å². The highest BCUT2D eigenvalue weighted by molar-refractivity contribution is 6.26. The van der Waals surface area contributed by atoms with Gasteiger partial charge in [0, 0.05) is 38.7 Å². The van der Waals surface area contributed by atoms with Gasteiger partial charge in [-0.15, -0.1) is 0 Å². The Labute approximate surface area is 480 Å². The van der Waals surface area contributed by atoms with Crippen molar-refractivity contribution in [3.8, 4) is 33.4 Å². The zero-order valence-corrected chi connectivity index (χ0v) is 45.9. The van der Waals surface area contributed by atoms with Crippen molar-refractivity contribution in [2.45, 2.75) is 31.6 Å². The minimum atomic E-state index is -1.09. The SMILES string of the molecule is CC(C)(C)c1ccc(N(c2ccc(-c3ccccc3)cc2F)c2cc3c(c4oc5ccccc5c24)-c2c(cc(N(c4ccccc4)c4ccc(-c5ccccc5)cc4F)c4oc5ccccc5c24)C3(c2ccccc2)c2ccccc2)cc1. The number of anilines is 6. The fraction of sp³-hybridized carbons (Fsp3) is 0.0649. The lowest BCUT2D eigenvalue weighted by atomic mass is 9.67. The summed E-state index contributed by atoms with van der Waals surface area (Å²) >= 11 is 0. The molecule has 2 heterocycles. The van der Waals surface area contributed by atoms with Crippen LogP contribution in [0.3, 0.4) is 0 Å². The number of benzene rings is 12. The minimum Gasteiger partial charge on any atom is -0.455 e. The number of halogens is 2. The van der Waals surface area contributed by atoms with Gasteiger partial charge in [-0.3, -0.25) is 0 Å². The van der Waals surface area contributed by atoms with E-state index in [1.807, 2.05) is 157 Å². The summed E-state index contributed by atoms with van der Waals surface area (Å²) < 4.78 is 50.4. The molecule has 0 atom stereocenters. The van der Waals surface area contributed by atoms with Crippen LogP contribution in [0, 0.1) is 11.6 Å². The van der Waals surface area contributed by atoms with E-state index >= 15 is 8.78 Å². The van der Waals surface area contributed by atoms with Crippen LogP contribution in [-0.2, 0) is 10.8 Å². The monoisotopic (exact) mass is 1080 g/mol. The van der Waals surface area contributed by atoms with Crippen molar-refractivity contribution in [1.29, 1.82) is 0 Å². The molecule has 0 aliphatic heterocycles. The van der Waals surface area contributed by atoms with E-state index in [9.17, 15) is 0 Å². The first kappa shape index (κ1) is 49.7. The fourth-order valence-corrected chi connectivity index (χ4v) is 13.0. The summed E-state index contributed by atoms with van der Waals surface area (Å²) in [6, 6.07) is 91.5. The Hall–Kier alpha value is -10.3. The zero-order chi connectivity index (χ0) is 56.0. The fourth-order valence-electron chi connectivity index (χ4n) is 13.0. The van der Waals surface area contributed by atoms with E-state index in [-0.39, 0.29) is 11.2 Å². The molecule has 1 aliphatic rings. The molecule has 0 spiro atoms. The highest BCUT2D eigenvalue weighted by atomic mass is 19.1. The molecule has 12 aromatic carbocycles. The molecule has 0 bridgehead atoms. The van der Waals surface area contributed by atoms with E-state index in [0.29, 0.717) is 39.4 Å². The smallest absolute Gasteiger partial charge is 0.160 e. The van der Waals surface area contributed by atoms with E-state index in [1.165, 1.54) is 0 Å². The first-order valence-electron chi connectivity index (χ1n) is 28.2. The molecule has 2 aromatic heterocycles. The highest BCUT2D eigenvalue weighted by Gasteiger charge is 2.50. The second-order valence-corrected chi connectivity index (χ2v) is 22.6. The molecule has 0 fully saturated rings. The lowest BCUT2D eigenvalue weighted by molar-refractivity contribution is 0.590. The van der Waals surface area contributed by atoms with E-state index in [2.05, 4.69) is 135 Å². The van der Waals surface area contributed by atoms with Crippen molar-refractivity contribution in [3.05, 3.63) is 312 Å². The lowest BCUT2D eigenvalue weighted by Crippen LogP contribution is -2.29. The van der Waals surface area contributed by atoms with Crippen molar-refractivity contribution < 1.29 is 17.6 Å². The van der Waals surface area contributed by atoms with Gasteiger partial charge in [-0.2, -0.15) is 0 Å². The molecule has 83 heavy (non-hydrogen) atoms. The van der Waals surface area contributed by atoms with Crippen LogP contribution in [0.4, 0.5) is 42.9 Å². The molecule has 0 amide bonds. The van der Waals surface area contributed by atoms with Crippen molar-refractivity contribution in [3.63, 3.8) is 0 Å². The molecular weight excluding hydrogens is 1020 g/mol. The molecule has 0 unspecified atom stereocenters. The maximum absolute atomic E-state index is 18.0. The molecule has 0 saturated heterocycles. The van der Waals surface area contributed by atoms with E-state index in [0.717, 1.165) is 99.8 Å². The number of nitrogens with zero attached hydrogens (tertiary/aromatic N) is 2. The summed E-state index contributed by atoms with van der Waals surface area (Å²) in [6.45, 7) is 6.61. The van der Waals surface area contributed by atoms with Crippen LogP contribution < -0.4 is 9.80 Å². The highest BCUT2D eigenvalue weighted by Crippen LogP contribution is 2.64. The van der Waals surface area contributed by atoms with Crippen molar-refractivity contribution >= 4 is 78.0 Å². The third-order valence-corrected chi connectivity index (χ3v) is 16.8. The molecule has 6 heteroatoms. The van der Waals surface area contributed by atoms with Gasteiger partial charge in [0.15, 0.2) is 5.58 Å². The number of hydrogen-bond donors (Lipinski definition) is 0. The number of hydrogen-bond acceptors (Lipinski definition) is 4. The van der Waals surface area contributed by atoms with E-state index in [4.69, 9.17) is 8.83 Å². The molecular formula is C77H54F2N2O2. The molecule has 14 aromatic rings. The van der Waals surface area contributed by atoms with Gasteiger partial charge in [-0.25, -0.2) is 8.78 Å². The summed E-state index contributed by atoms with van der Waals surface area (Å²) in [4.78, 5) is 4.09. The minimum absolute atomic E-state index is 0.140. The van der Waals surface area contributed by atoms with Gasteiger partial charge in [-0.1, -0.05) is 221 Å². The lowest BCUT2D eigenvalue weighted by Gasteiger charge is -2.36. The number of para-hydroxylation sites is 3. The van der Waals surface area contributed by atoms with Crippen LogP contribution in [0.25, 0.3) is 77.3 Å². The van der Waals surface area contributed by atoms with Crippen LogP contribution in [0.15, 0.2) is 282 Å². The quantitative estimate of drug-likeness (QED) is 0.137. The van der Waals surface area contributed by atoms with Gasteiger partial charge < -0.3 is 18.6 Å². The summed E-state index contributed by atoms with van der Waals surface area (Å²) in [5.74, 6) is -0.775. The summed E-state index contributed by atoms with van der Waals surface area (Å²) in [6.07, 6.45) is 0. The normalized spacial score (nSPS) is 12.7. The van der Waals surface area contributed by atoms with E-state index in [1.54, 1.807) is 12.1 Å². The third kappa shape index (κ3) is 7.92. The Morgan fingerprint density at radius 3 is 1.29 bits per heavy atom. The Bertz CT molecular complexity index is 4740. The molecule has 0 saturated carbocycles. The van der Waals surface area contributed by atoms with Gasteiger partial charge in [0.2, 0.25) is 0 Å². The van der Waals surface area contributed by atoms with Gasteiger partial charge in [0.25, 0.3) is 0 Å². The van der Waals surface area contributed by atoms with Crippen LogP contribution in [-0.4, -0.2) is 0 Å². The first-order valence-corrected chi connectivity index (χ1v) is 28.2. The van der Waals surface area contributed by atoms with Crippen molar-refractivity contribution in [2.75, 3.05) is 9.80 Å². The number of furan rings is 2. The molecule has 4 nitrogen and oxygen atoms in total. The predicted molar refractivity (Wildman–Crippen MR) is 337 cm³/mol. The van der Waals surface area contributed by atoms with Gasteiger partial charge in [-0.05, 0) is 128 Å². The largest absolute Gasteiger partial charge is 0.455 e. The average Bonchev–Trinajstić information content (AvgIpc) is 3.05. The third-order valence-electron chi connectivity index (χ3n) is 16.8. The van der Waals surface area contributed by atoms with Gasteiger partial charge in [0.1, 0.15) is 28.4 Å². The van der Waals surface area contributed by atoms with Gasteiger partial charge in [0.05, 0.1) is 33.6 Å². The molecule has 0 radical (unpaired) electrons. The van der Waals surface area contributed by atoms with E-state index < -0.39 is 11.2 Å². The Morgan fingerprint density at radius 2 is 0.771 bits per heavy atom. The Balaban J connectivity index is 1.11. The number of rotatable bonds is 10. The van der Waals surface area contributed by atoms with Crippen LogP contribution >= 0.6 is 0 Å². The Kier molecular flexibility index (Phi) is 11.7. The predicted octanol–water partition coefficient (Wildman–Crippen LogP) is 21.7. The zero-order valence-electron chi connectivity index (χ0n) is 45.9. The second-order valence-electron chi connectivity index (χ2n) is 22.6. The summed E-state index contributed by atoms with van der Waals surface area (Å²) in [7, 11) is 0. The number of fused-ring (bicyclic) bond motifs is 11. The summed E-state index contributed by atoms with van der Waals surface area (Å²) in [5.41, 5.74) is 15.2. The maximum atomic E-state index is 18.0. The van der Waals surface area contributed by atoms with Gasteiger partial charge >= 0.3 is 0 Å².